The van der Waals surface area contributed by atoms with E-state index in [1.807, 2.05) is 19.1 Å². The minimum absolute atomic E-state index is 0.179. The van der Waals surface area contributed by atoms with E-state index in [1.54, 1.807) is 31.4 Å². The number of carbonyl (C=O) groups excluding carboxylic acids is 1. The van der Waals surface area contributed by atoms with Crippen molar-refractivity contribution in [3.05, 3.63) is 70.2 Å². The first-order chi connectivity index (χ1) is 16.5. The van der Waals surface area contributed by atoms with E-state index < -0.39 is 5.91 Å². The quantitative estimate of drug-likeness (QED) is 0.346. The van der Waals surface area contributed by atoms with Crippen LogP contribution in [0.4, 0.5) is 5.13 Å². The number of hydrogen-bond acceptors (Lipinski definition) is 9. The molecule has 1 amide bonds. The van der Waals surface area contributed by atoms with E-state index in [2.05, 4.69) is 25.5 Å². The lowest BCUT2D eigenvalue weighted by Crippen LogP contribution is -2.14. The second-order valence-electron chi connectivity index (χ2n) is 6.97. The Morgan fingerprint density at radius 3 is 2.53 bits per heavy atom. The van der Waals surface area contributed by atoms with Gasteiger partial charge in [-0.15, -0.1) is 10.2 Å². The molecule has 0 saturated heterocycles. The molecular formula is C23H20ClN5O4S. The molecule has 4 aromatic rings. The predicted molar refractivity (Wildman–Crippen MR) is 129 cm³/mol. The molecule has 9 nitrogen and oxygen atoms in total. The summed E-state index contributed by atoms with van der Waals surface area (Å²) in [4.78, 5) is 21.4. The van der Waals surface area contributed by atoms with Gasteiger partial charge < -0.3 is 14.2 Å². The standard InChI is InChI=1S/C23H20ClN5O4S/c1-13-8-14(15-9-20(24)26-11-19(15)32-3)16(10-25-13)22(30)27-23-29-28-21(34-23)12-33-18-7-5-4-6-17(18)31-2/h4-11H,12H2,1-3H3,(H,27,29,30). The maximum atomic E-state index is 13.1. The van der Waals surface area contributed by atoms with Crippen LogP contribution in [0.1, 0.15) is 21.1 Å². The first-order valence-electron chi connectivity index (χ1n) is 10.0. The van der Waals surface area contributed by atoms with Crippen LogP contribution >= 0.6 is 22.9 Å². The summed E-state index contributed by atoms with van der Waals surface area (Å²) in [6.07, 6.45) is 3.01. The Labute approximate surface area is 204 Å². The molecule has 11 heteroatoms. The highest BCUT2D eigenvalue weighted by molar-refractivity contribution is 7.15. The largest absolute Gasteiger partial charge is 0.494 e. The van der Waals surface area contributed by atoms with Gasteiger partial charge in [-0.25, -0.2) is 4.98 Å². The number of benzene rings is 1. The van der Waals surface area contributed by atoms with Gasteiger partial charge in [0.05, 0.1) is 26.0 Å². The molecule has 4 rings (SSSR count). The van der Waals surface area contributed by atoms with E-state index in [1.165, 1.54) is 30.8 Å². The monoisotopic (exact) mass is 497 g/mol. The fourth-order valence-electron chi connectivity index (χ4n) is 3.16. The molecule has 0 atom stereocenters. The number of carbonyl (C=O) groups is 1. The summed E-state index contributed by atoms with van der Waals surface area (Å²) in [6.45, 7) is 2.01. The zero-order valence-corrected chi connectivity index (χ0v) is 20.1. The van der Waals surface area contributed by atoms with Gasteiger partial charge in [-0.1, -0.05) is 35.1 Å². The van der Waals surface area contributed by atoms with E-state index in [-0.39, 0.29) is 11.8 Å². The molecule has 0 spiro atoms. The third-order valence-corrected chi connectivity index (χ3v) is 5.76. The van der Waals surface area contributed by atoms with Gasteiger partial charge in [-0.3, -0.25) is 15.1 Å². The molecule has 0 aliphatic heterocycles. The van der Waals surface area contributed by atoms with Crippen LogP contribution in [0.5, 0.6) is 17.2 Å². The van der Waals surface area contributed by atoms with Gasteiger partial charge in [0.2, 0.25) is 5.13 Å². The van der Waals surface area contributed by atoms with Crippen LogP contribution in [-0.4, -0.2) is 40.3 Å². The van der Waals surface area contributed by atoms with Gasteiger partial charge in [0.25, 0.3) is 5.91 Å². The van der Waals surface area contributed by atoms with Gasteiger partial charge in [-0.2, -0.15) is 0 Å². The zero-order valence-electron chi connectivity index (χ0n) is 18.5. The summed E-state index contributed by atoms with van der Waals surface area (Å²) in [5.41, 5.74) is 2.29. The van der Waals surface area contributed by atoms with Crippen molar-refractivity contribution in [2.45, 2.75) is 13.5 Å². The molecule has 34 heavy (non-hydrogen) atoms. The molecule has 174 valence electrons. The van der Waals surface area contributed by atoms with Crippen molar-refractivity contribution in [2.24, 2.45) is 0 Å². The third kappa shape index (κ3) is 5.24. The van der Waals surface area contributed by atoms with E-state index >= 15 is 0 Å². The van der Waals surface area contributed by atoms with Gasteiger partial charge in [0.15, 0.2) is 16.5 Å². The number of methoxy groups -OCH3 is 2. The molecule has 0 fully saturated rings. The first-order valence-corrected chi connectivity index (χ1v) is 11.2. The SMILES string of the molecule is COc1ccccc1OCc1nnc(NC(=O)c2cnc(C)cc2-c2cc(Cl)ncc2OC)s1. The molecule has 1 aromatic carbocycles. The minimum atomic E-state index is -0.397. The van der Waals surface area contributed by atoms with Gasteiger partial charge in [0, 0.05) is 23.0 Å². The topological polar surface area (TPSA) is 108 Å². The normalized spacial score (nSPS) is 10.6. The number of amides is 1. The number of pyridine rings is 2. The molecule has 0 aliphatic rings. The van der Waals surface area contributed by atoms with Crippen molar-refractivity contribution in [1.29, 1.82) is 0 Å². The zero-order chi connectivity index (χ0) is 24.1. The number of hydrogen-bond donors (Lipinski definition) is 1. The summed E-state index contributed by atoms with van der Waals surface area (Å²) < 4.78 is 16.5. The Morgan fingerprint density at radius 1 is 1.00 bits per heavy atom. The van der Waals surface area contributed by atoms with Gasteiger partial charge in [0.1, 0.15) is 17.5 Å². The number of nitrogens with zero attached hydrogens (tertiary/aromatic N) is 4. The van der Waals surface area contributed by atoms with Gasteiger partial charge >= 0.3 is 0 Å². The van der Waals surface area contributed by atoms with Crippen molar-refractivity contribution < 1.29 is 19.0 Å². The fraction of sp³-hybridized carbons (Fsp3) is 0.174. The number of anilines is 1. The third-order valence-electron chi connectivity index (χ3n) is 4.74. The Kier molecular flexibility index (Phi) is 7.19. The predicted octanol–water partition coefficient (Wildman–Crippen LogP) is 4.81. The summed E-state index contributed by atoms with van der Waals surface area (Å²) in [7, 11) is 3.10. The second-order valence-corrected chi connectivity index (χ2v) is 8.42. The number of ether oxygens (including phenoxy) is 3. The highest BCUT2D eigenvalue weighted by Gasteiger charge is 2.19. The van der Waals surface area contributed by atoms with E-state index in [0.29, 0.717) is 44.1 Å². The molecule has 0 radical (unpaired) electrons. The molecule has 0 unspecified atom stereocenters. The molecular weight excluding hydrogens is 478 g/mol. The first kappa shape index (κ1) is 23.4. The average molecular weight is 498 g/mol. The summed E-state index contributed by atoms with van der Waals surface area (Å²) >= 11 is 7.31. The number of nitrogens with one attached hydrogen (secondary N) is 1. The van der Waals surface area contributed by atoms with Crippen molar-refractivity contribution in [3.63, 3.8) is 0 Å². The highest BCUT2D eigenvalue weighted by Crippen LogP contribution is 2.34. The maximum Gasteiger partial charge on any atom is 0.259 e. The Bertz CT molecular complexity index is 1330. The van der Waals surface area contributed by atoms with E-state index in [0.717, 1.165) is 5.69 Å². The lowest BCUT2D eigenvalue weighted by molar-refractivity contribution is 0.102. The van der Waals surface area contributed by atoms with Crippen LogP contribution in [0, 0.1) is 6.92 Å². The minimum Gasteiger partial charge on any atom is -0.494 e. The molecule has 0 aliphatic carbocycles. The Balaban J connectivity index is 1.53. The molecule has 0 bridgehead atoms. The van der Waals surface area contributed by atoms with Crippen molar-refractivity contribution in [3.8, 4) is 28.4 Å². The van der Waals surface area contributed by atoms with Crippen molar-refractivity contribution >= 4 is 34.0 Å². The number of aryl methyl sites for hydroxylation is 1. The van der Waals surface area contributed by atoms with Crippen molar-refractivity contribution in [2.75, 3.05) is 19.5 Å². The Morgan fingerprint density at radius 2 is 1.76 bits per heavy atom. The summed E-state index contributed by atoms with van der Waals surface area (Å²) in [6, 6.07) is 10.7. The van der Waals surface area contributed by atoms with Crippen molar-refractivity contribution in [1.82, 2.24) is 20.2 Å². The van der Waals surface area contributed by atoms with E-state index in [9.17, 15) is 4.79 Å². The summed E-state index contributed by atoms with van der Waals surface area (Å²) in [5.74, 6) is 1.29. The molecule has 3 heterocycles. The molecule has 1 N–H and O–H groups in total. The lowest BCUT2D eigenvalue weighted by atomic mass is 10.0. The average Bonchev–Trinajstić information content (AvgIpc) is 3.29. The maximum absolute atomic E-state index is 13.1. The van der Waals surface area contributed by atoms with Crippen LogP contribution in [0.15, 0.2) is 48.8 Å². The number of halogens is 1. The molecule has 3 aromatic heterocycles. The summed E-state index contributed by atoms with van der Waals surface area (Å²) in [5, 5.41) is 12.1. The number of rotatable bonds is 8. The van der Waals surface area contributed by atoms with Crippen LogP contribution in [0.25, 0.3) is 11.1 Å². The fourth-order valence-corrected chi connectivity index (χ4v) is 3.96. The van der Waals surface area contributed by atoms with Gasteiger partial charge in [-0.05, 0) is 31.2 Å². The van der Waals surface area contributed by atoms with Crippen LogP contribution in [0.3, 0.4) is 0 Å². The second kappa shape index (κ2) is 10.4. The van der Waals surface area contributed by atoms with Crippen LogP contribution in [-0.2, 0) is 6.61 Å². The van der Waals surface area contributed by atoms with Crippen LogP contribution in [0.2, 0.25) is 5.15 Å². The highest BCUT2D eigenvalue weighted by atomic mass is 35.5. The smallest absolute Gasteiger partial charge is 0.259 e. The van der Waals surface area contributed by atoms with E-state index in [4.69, 9.17) is 25.8 Å². The molecule has 0 saturated carbocycles. The lowest BCUT2D eigenvalue weighted by Gasteiger charge is -2.13. The number of para-hydroxylation sites is 2. The van der Waals surface area contributed by atoms with Crippen LogP contribution < -0.4 is 19.5 Å². The Hall–Kier alpha value is -3.76. The number of aromatic nitrogens is 4.